The third-order valence-electron chi connectivity index (χ3n) is 2.29. The summed E-state index contributed by atoms with van der Waals surface area (Å²) in [5.41, 5.74) is 0.170. The van der Waals surface area contributed by atoms with Crippen LogP contribution in [0.2, 0.25) is 0 Å². The second-order valence-electron chi connectivity index (χ2n) is 4.20. The molecule has 1 aromatic carbocycles. The fourth-order valence-electron chi connectivity index (χ4n) is 1.43. The Labute approximate surface area is 94.3 Å². The van der Waals surface area contributed by atoms with Crippen molar-refractivity contribution in [2.45, 2.75) is 19.9 Å². The average molecular weight is 229 g/mol. The molecule has 16 heavy (non-hydrogen) atoms. The van der Waals surface area contributed by atoms with E-state index >= 15 is 0 Å². The molecular formula is C12H17F2NO. The molecule has 90 valence electrons. The standard InChI is InChI=1S/C12H17F2NO/c1-8(2)6-15-12(7-16)10-5-9(13)3-4-11(10)14/h3-5,8,12,15-16H,6-7H2,1-2H3. The van der Waals surface area contributed by atoms with E-state index in [0.717, 1.165) is 18.2 Å². The molecule has 0 saturated heterocycles. The molecule has 0 aliphatic heterocycles. The van der Waals surface area contributed by atoms with Crippen molar-refractivity contribution >= 4 is 0 Å². The highest BCUT2D eigenvalue weighted by atomic mass is 19.1. The van der Waals surface area contributed by atoms with E-state index in [4.69, 9.17) is 5.11 Å². The van der Waals surface area contributed by atoms with E-state index in [1.165, 1.54) is 0 Å². The minimum absolute atomic E-state index is 0.170. The number of hydrogen-bond donors (Lipinski definition) is 2. The van der Waals surface area contributed by atoms with E-state index < -0.39 is 17.7 Å². The summed E-state index contributed by atoms with van der Waals surface area (Å²) < 4.78 is 26.4. The van der Waals surface area contributed by atoms with Gasteiger partial charge in [0.2, 0.25) is 0 Å². The van der Waals surface area contributed by atoms with Gasteiger partial charge < -0.3 is 10.4 Å². The maximum atomic E-state index is 13.4. The molecular weight excluding hydrogens is 212 g/mol. The van der Waals surface area contributed by atoms with Crippen molar-refractivity contribution in [2.75, 3.05) is 13.2 Å². The lowest BCUT2D eigenvalue weighted by molar-refractivity contribution is 0.237. The Balaban J connectivity index is 2.81. The van der Waals surface area contributed by atoms with Gasteiger partial charge in [0.25, 0.3) is 0 Å². The summed E-state index contributed by atoms with van der Waals surface area (Å²) >= 11 is 0. The summed E-state index contributed by atoms with van der Waals surface area (Å²) in [5.74, 6) is -0.622. The fourth-order valence-corrected chi connectivity index (χ4v) is 1.43. The van der Waals surface area contributed by atoms with Crippen molar-refractivity contribution in [1.29, 1.82) is 0 Å². The molecule has 0 fully saturated rings. The Hall–Kier alpha value is -1.00. The zero-order chi connectivity index (χ0) is 12.1. The normalized spacial score (nSPS) is 13.1. The summed E-state index contributed by atoms with van der Waals surface area (Å²) in [6, 6.07) is 2.70. The molecule has 2 nitrogen and oxygen atoms in total. The van der Waals surface area contributed by atoms with E-state index in [1.54, 1.807) is 0 Å². The summed E-state index contributed by atoms with van der Waals surface area (Å²) in [6.45, 7) is 4.39. The molecule has 1 aromatic rings. The van der Waals surface area contributed by atoms with Gasteiger partial charge >= 0.3 is 0 Å². The van der Waals surface area contributed by atoms with Gasteiger partial charge in [0.1, 0.15) is 11.6 Å². The molecule has 0 bridgehead atoms. The van der Waals surface area contributed by atoms with Crippen molar-refractivity contribution in [1.82, 2.24) is 5.32 Å². The highest BCUT2D eigenvalue weighted by Crippen LogP contribution is 2.18. The monoisotopic (exact) mass is 229 g/mol. The molecule has 0 aliphatic rings. The quantitative estimate of drug-likeness (QED) is 0.811. The zero-order valence-electron chi connectivity index (χ0n) is 9.50. The van der Waals surface area contributed by atoms with Crippen LogP contribution in [0.15, 0.2) is 18.2 Å². The van der Waals surface area contributed by atoms with Crippen LogP contribution < -0.4 is 5.32 Å². The van der Waals surface area contributed by atoms with Crippen molar-refractivity contribution < 1.29 is 13.9 Å². The van der Waals surface area contributed by atoms with Crippen LogP contribution in [0.25, 0.3) is 0 Å². The van der Waals surface area contributed by atoms with Crippen LogP contribution in [0.3, 0.4) is 0 Å². The van der Waals surface area contributed by atoms with Gasteiger partial charge in [0.15, 0.2) is 0 Å². The zero-order valence-corrected chi connectivity index (χ0v) is 9.50. The van der Waals surface area contributed by atoms with Gasteiger partial charge in [-0.05, 0) is 30.7 Å². The molecule has 0 aromatic heterocycles. The molecule has 2 N–H and O–H groups in total. The summed E-state index contributed by atoms with van der Waals surface area (Å²) in [6.07, 6.45) is 0. The van der Waals surface area contributed by atoms with Crippen molar-refractivity contribution in [3.63, 3.8) is 0 Å². The topological polar surface area (TPSA) is 32.3 Å². The van der Waals surface area contributed by atoms with Crippen LogP contribution in [0.4, 0.5) is 8.78 Å². The molecule has 0 radical (unpaired) electrons. The minimum Gasteiger partial charge on any atom is -0.394 e. The molecule has 4 heteroatoms. The minimum atomic E-state index is -0.557. The Morgan fingerprint density at radius 2 is 2.00 bits per heavy atom. The van der Waals surface area contributed by atoms with Crippen LogP contribution >= 0.6 is 0 Å². The van der Waals surface area contributed by atoms with E-state index in [0.29, 0.717) is 12.5 Å². The highest BCUT2D eigenvalue weighted by Gasteiger charge is 2.15. The van der Waals surface area contributed by atoms with Crippen LogP contribution in [0.1, 0.15) is 25.5 Å². The van der Waals surface area contributed by atoms with Crippen LogP contribution in [0.5, 0.6) is 0 Å². The van der Waals surface area contributed by atoms with E-state index in [-0.39, 0.29) is 12.2 Å². The lowest BCUT2D eigenvalue weighted by Gasteiger charge is -2.18. The molecule has 0 amide bonds. The number of aliphatic hydroxyl groups excluding tert-OH is 1. The lowest BCUT2D eigenvalue weighted by atomic mass is 10.1. The maximum absolute atomic E-state index is 13.4. The number of nitrogens with one attached hydrogen (secondary N) is 1. The first-order chi connectivity index (χ1) is 7.54. The maximum Gasteiger partial charge on any atom is 0.128 e. The smallest absolute Gasteiger partial charge is 0.128 e. The number of benzene rings is 1. The van der Waals surface area contributed by atoms with Gasteiger partial charge in [-0.15, -0.1) is 0 Å². The summed E-state index contributed by atoms with van der Waals surface area (Å²) in [5, 5.41) is 12.2. The summed E-state index contributed by atoms with van der Waals surface area (Å²) in [7, 11) is 0. The fraction of sp³-hybridized carbons (Fsp3) is 0.500. The molecule has 0 aliphatic carbocycles. The van der Waals surface area contributed by atoms with Gasteiger partial charge in [-0.2, -0.15) is 0 Å². The van der Waals surface area contributed by atoms with Crippen molar-refractivity contribution in [3.8, 4) is 0 Å². The molecule has 0 spiro atoms. The highest BCUT2D eigenvalue weighted by molar-refractivity contribution is 5.22. The van der Waals surface area contributed by atoms with Gasteiger partial charge in [0.05, 0.1) is 12.6 Å². The second kappa shape index (κ2) is 5.92. The first-order valence-corrected chi connectivity index (χ1v) is 5.33. The van der Waals surface area contributed by atoms with Gasteiger partial charge in [-0.25, -0.2) is 8.78 Å². The van der Waals surface area contributed by atoms with Crippen LogP contribution in [-0.2, 0) is 0 Å². The third-order valence-corrected chi connectivity index (χ3v) is 2.29. The molecule has 1 unspecified atom stereocenters. The number of halogens is 2. The van der Waals surface area contributed by atoms with Crippen molar-refractivity contribution in [3.05, 3.63) is 35.4 Å². The predicted octanol–water partition coefficient (Wildman–Crippen LogP) is 2.24. The SMILES string of the molecule is CC(C)CNC(CO)c1cc(F)ccc1F. The van der Waals surface area contributed by atoms with Gasteiger partial charge in [0, 0.05) is 5.56 Å². The molecule has 0 saturated carbocycles. The van der Waals surface area contributed by atoms with Gasteiger partial charge in [-0.3, -0.25) is 0 Å². The second-order valence-corrected chi connectivity index (χ2v) is 4.20. The van der Waals surface area contributed by atoms with Gasteiger partial charge in [-0.1, -0.05) is 13.8 Å². The van der Waals surface area contributed by atoms with Crippen LogP contribution in [-0.4, -0.2) is 18.3 Å². The molecule has 1 rings (SSSR count). The first kappa shape index (κ1) is 13.1. The number of rotatable bonds is 5. The Morgan fingerprint density at radius 1 is 1.31 bits per heavy atom. The van der Waals surface area contributed by atoms with Crippen LogP contribution in [0, 0.1) is 17.6 Å². The van der Waals surface area contributed by atoms with E-state index in [9.17, 15) is 8.78 Å². The first-order valence-electron chi connectivity index (χ1n) is 5.33. The van der Waals surface area contributed by atoms with Crippen molar-refractivity contribution in [2.24, 2.45) is 5.92 Å². The Kier molecular flexibility index (Phi) is 4.83. The number of aliphatic hydroxyl groups is 1. The predicted molar refractivity (Wildman–Crippen MR) is 59.0 cm³/mol. The largest absolute Gasteiger partial charge is 0.394 e. The third kappa shape index (κ3) is 3.54. The lowest BCUT2D eigenvalue weighted by Crippen LogP contribution is -2.28. The average Bonchev–Trinajstić information content (AvgIpc) is 2.23. The van der Waals surface area contributed by atoms with E-state index in [1.807, 2.05) is 13.8 Å². The Morgan fingerprint density at radius 3 is 2.56 bits per heavy atom. The molecule has 1 atom stereocenters. The van der Waals surface area contributed by atoms with E-state index in [2.05, 4.69) is 5.32 Å². The summed E-state index contributed by atoms with van der Waals surface area (Å²) in [4.78, 5) is 0. The molecule has 0 heterocycles. The number of hydrogen-bond acceptors (Lipinski definition) is 2. The Bertz CT molecular complexity index is 342.